The summed E-state index contributed by atoms with van der Waals surface area (Å²) in [5, 5.41) is 0. The first-order valence-corrected chi connectivity index (χ1v) is 7.40. The zero-order chi connectivity index (χ0) is 12.0. The Labute approximate surface area is 113 Å². The minimum atomic E-state index is 0.251. The van der Waals surface area contributed by atoms with Gasteiger partial charge >= 0.3 is 0 Å². The summed E-state index contributed by atoms with van der Waals surface area (Å²) in [6.45, 7) is 7.48. The highest BCUT2D eigenvalue weighted by atomic mass is 127. The lowest BCUT2D eigenvalue weighted by Gasteiger charge is -2.18. The number of hydrogen-bond acceptors (Lipinski definition) is 1. The average Bonchev–Trinajstić information content (AvgIpc) is 2.25. The summed E-state index contributed by atoms with van der Waals surface area (Å²) in [5.74, 6) is 0.715. The van der Waals surface area contributed by atoms with Crippen LogP contribution in [0.1, 0.15) is 37.5 Å². The van der Waals surface area contributed by atoms with E-state index in [0.717, 1.165) is 17.5 Å². The van der Waals surface area contributed by atoms with Gasteiger partial charge in [-0.15, -0.1) is 0 Å². The van der Waals surface area contributed by atoms with Gasteiger partial charge in [-0.3, -0.25) is 0 Å². The van der Waals surface area contributed by atoms with E-state index in [2.05, 4.69) is 67.6 Å². The van der Waals surface area contributed by atoms with Crippen LogP contribution in [0.15, 0.2) is 24.3 Å². The predicted molar refractivity (Wildman–Crippen MR) is 78.2 cm³/mol. The molecular formula is C14H21IO. The van der Waals surface area contributed by atoms with Gasteiger partial charge in [-0.25, -0.2) is 0 Å². The van der Waals surface area contributed by atoms with E-state index in [-0.39, 0.29) is 6.10 Å². The maximum atomic E-state index is 5.96. The Bertz CT molecular complexity index is 309. The molecule has 90 valence electrons. The molecule has 0 saturated carbocycles. The van der Waals surface area contributed by atoms with Crippen LogP contribution < -0.4 is 0 Å². The van der Waals surface area contributed by atoms with E-state index in [0.29, 0.717) is 5.92 Å². The Balaban J connectivity index is 2.57. The topological polar surface area (TPSA) is 9.23 Å². The highest BCUT2D eigenvalue weighted by molar-refractivity contribution is 14.1. The van der Waals surface area contributed by atoms with Crippen LogP contribution in [0.3, 0.4) is 0 Å². The molecule has 0 fully saturated rings. The molecule has 1 atom stereocenters. The van der Waals surface area contributed by atoms with Crippen LogP contribution in [0.25, 0.3) is 0 Å². The Kier molecular flexibility index (Phi) is 6.36. The molecule has 0 spiro atoms. The van der Waals surface area contributed by atoms with E-state index in [1.54, 1.807) is 0 Å². The summed E-state index contributed by atoms with van der Waals surface area (Å²) < 4.78 is 6.98. The summed E-state index contributed by atoms with van der Waals surface area (Å²) in [7, 11) is 0. The van der Waals surface area contributed by atoms with Crippen molar-refractivity contribution >= 4 is 22.6 Å². The van der Waals surface area contributed by atoms with E-state index in [9.17, 15) is 0 Å². The lowest BCUT2D eigenvalue weighted by molar-refractivity contribution is 0.0629. The van der Waals surface area contributed by atoms with E-state index in [1.807, 2.05) is 0 Å². The maximum absolute atomic E-state index is 5.96. The number of aryl methyl sites for hydroxylation is 1. The van der Waals surface area contributed by atoms with Gasteiger partial charge in [-0.2, -0.15) is 0 Å². The van der Waals surface area contributed by atoms with Crippen LogP contribution in [0, 0.1) is 12.8 Å². The van der Waals surface area contributed by atoms with Gasteiger partial charge in [0.1, 0.15) is 0 Å². The Hall–Kier alpha value is -0.0900. The summed E-state index contributed by atoms with van der Waals surface area (Å²) >= 11 is 2.40. The number of rotatable bonds is 6. The first-order valence-electron chi connectivity index (χ1n) is 5.88. The molecule has 0 amide bonds. The molecule has 0 N–H and O–H groups in total. The van der Waals surface area contributed by atoms with Gasteiger partial charge in [0, 0.05) is 11.0 Å². The second kappa shape index (κ2) is 7.28. The molecule has 1 aromatic carbocycles. The molecule has 1 unspecified atom stereocenters. The normalized spacial score (nSPS) is 13.1. The van der Waals surface area contributed by atoms with Gasteiger partial charge in [0.25, 0.3) is 0 Å². The summed E-state index contributed by atoms with van der Waals surface area (Å²) in [4.78, 5) is 0. The van der Waals surface area contributed by atoms with Gasteiger partial charge in [0.2, 0.25) is 0 Å². The first kappa shape index (κ1) is 14.0. The molecule has 0 aromatic heterocycles. The molecule has 0 aliphatic carbocycles. The van der Waals surface area contributed by atoms with Crippen LogP contribution in [0.4, 0.5) is 0 Å². The minimum absolute atomic E-state index is 0.251. The van der Waals surface area contributed by atoms with Crippen molar-refractivity contribution in [1.29, 1.82) is 0 Å². The molecule has 0 aliphatic heterocycles. The third-order valence-electron chi connectivity index (χ3n) is 2.69. The van der Waals surface area contributed by atoms with E-state index in [1.165, 1.54) is 11.1 Å². The van der Waals surface area contributed by atoms with Gasteiger partial charge in [0.15, 0.2) is 0 Å². The summed E-state index contributed by atoms with van der Waals surface area (Å²) in [5.41, 5.74) is 2.66. The average molecular weight is 332 g/mol. The molecule has 16 heavy (non-hydrogen) atoms. The zero-order valence-electron chi connectivity index (χ0n) is 10.4. The fraction of sp³-hybridized carbons (Fsp3) is 0.571. The van der Waals surface area contributed by atoms with Gasteiger partial charge in [-0.05, 0) is 30.4 Å². The highest BCUT2D eigenvalue weighted by Gasteiger charge is 2.12. The molecule has 0 radical (unpaired) electrons. The number of hydrogen-bond donors (Lipinski definition) is 0. The van der Waals surface area contributed by atoms with Gasteiger partial charge in [-0.1, -0.05) is 60.7 Å². The van der Waals surface area contributed by atoms with Crippen LogP contribution in [0.2, 0.25) is 0 Å². The molecular weight excluding hydrogens is 311 g/mol. The SMILES string of the molecule is Cc1ccccc1C(CI)OCCC(C)C. The third-order valence-corrected chi connectivity index (χ3v) is 3.49. The second-order valence-electron chi connectivity index (χ2n) is 4.55. The van der Waals surface area contributed by atoms with Crippen LogP contribution in [-0.4, -0.2) is 11.0 Å². The fourth-order valence-electron chi connectivity index (χ4n) is 1.61. The van der Waals surface area contributed by atoms with Crippen molar-refractivity contribution in [1.82, 2.24) is 0 Å². The lowest BCUT2D eigenvalue weighted by Crippen LogP contribution is -2.09. The van der Waals surface area contributed by atoms with Crippen molar-refractivity contribution in [2.24, 2.45) is 5.92 Å². The van der Waals surface area contributed by atoms with Crippen molar-refractivity contribution in [3.63, 3.8) is 0 Å². The van der Waals surface area contributed by atoms with Gasteiger partial charge in [0.05, 0.1) is 6.10 Å². The zero-order valence-corrected chi connectivity index (χ0v) is 12.5. The highest BCUT2D eigenvalue weighted by Crippen LogP contribution is 2.23. The quantitative estimate of drug-likeness (QED) is 0.549. The first-order chi connectivity index (χ1) is 7.65. The summed E-state index contributed by atoms with van der Waals surface area (Å²) in [6.07, 6.45) is 1.39. The van der Waals surface area contributed by atoms with E-state index < -0.39 is 0 Å². The number of halogens is 1. The fourth-order valence-corrected chi connectivity index (χ4v) is 2.34. The predicted octanol–water partition coefficient (Wildman–Crippen LogP) is 4.53. The van der Waals surface area contributed by atoms with Crippen molar-refractivity contribution in [2.45, 2.75) is 33.3 Å². The molecule has 1 aromatic rings. The number of ether oxygens (including phenoxy) is 1. The Morgan fingerprint density at radius 3 is 2.50 bits per heavy atom. The molecule has 2 heteroatoms. The minimum Gasteiger partial charge on any atom is -0.373 e. The Morgan fingerprint density at radius 1 is 1.25 bits per heavy atom. The largest absolute Gasteiger partial charge is 0.373 e. The van der Waals surface area contributed by atoms with Gasteiger partial charge < -0.3 is 4.74 Å². The van der Waals surface area contributed by atoms with Crippen LogP contribution >= 0.6 is 22.6 Å². The van der Waals surface area contributed by atoms with Crippen molar-refractivity contribution in [2.75, 3.05) is 11.0 Å². The number of alkyl halides is 1. The lowest BCUT2D eigenvalue weighted by atomic mass is 10.0. The third kappa shape index (κ3) is 4.42. The molecule has 0 bridgehead atoms. The number of benzene rings is 1. The summed E-state index contributed by atoms with van der Waals surface area (Å²) in [6, 6.07) is 8.50. The molecule has 0 saturated heterocycles. The van der Waals surface area contributed by atoms with Crippen molar-refractivity contribution in [3.8, 4) is 0 Å². The van der Waals surface area contributed by atoms with Crippen LogP contribution in [0.5, 0.6) is 0 Å². The molecule has 1 rings (SSSR count). The van der Waals surface area contributed by atoms with E-state index >= 15 is 0 Å². The molecule has 0 aliphatic rings. The molecule has 1 nitrogen and oxygen atoms in total. The van der Waals surface area contributed by atoms with Crippen LogP contribution in [-0.2, 0) is 4.74 Å². The van der Waals surface area contributed by atoms with Crippen molar-refractivity contribution in [3.05, 3.63) is 35.4 Å². The Morgan fingerprint density at radius 2 is 1.94 bits per heavy atom. The second-order valence-corrected chi connectivity index (χ2v) is 5.43. The van der Waals surface area contributed by atoms with E-state index in [4.69, 9.17) is 4.74 Å². The molecule has 0 heterocycles. The maximum Gasteiger partial charge on any atom is 0.0916 e. The smallest absolute Gasteiger partial charge is 0.0916 e. The van der Waals surface area contributed by atoms with Crippen molar-refractivity contribution < 1.29 is 4.74 Å². The standard InChI is InChI=1S/C14H21IO/c1-11(2)8-9-16-14(10-15)13-7-5-4-6-12(13)3/h4-7,11,14H,8-10H2,1-3H3. The monoisotopic (exact) mass is 332 g/mol.